The number of hydrogen-bond acceptors (Lipinski definition) is 4. The van der Waals surface area contributed by atoms with E-state index in [2.05, 4.69) is 10.0 Å². The Bertz CT molecular complexity index is 882. The number of hydrogen-bond donors (Lipinski definition) is 3. The van der Waals surface area contributed by atoms with Gasteiger partial charge in [0.05, 0.1) is 11.3 Å². The number of sulfonamides is 1. The van der Waals surface area contributed by atoms with E-state index in [0.717, 1.165) is 12.0 Å². The summed E-state index contributed by atoms with van der Waals surface area (Å²) in [6, 6.07) is 13.3. The fraction of sp³-hybridized carbons (Fsp3) is 0.350. The smallest absolute Gasteiger partial charge is 0.335 e. The number of aromatic carboxylic acids is 1. The molecule has 0 aliphatic rings. The maximum atomic E-state index is 12.9. The Labute approximate surface area is 160 Å². The van der Waals surface area contributed by atoms with Crippen LogP contribution in [0.4, 0.5) is 5.69 Å². The monoisotopic (exact) mass is 390 g/mol. The number of carboxylic acid groups (broad SMARTS) is 1. The van der Waals surface area contributed by atoms with Crippen LogP contribution in [0, 0.1) is 0 Å². The van der Waals surface area contributed by atoms with Crippen molar-refractivity contribution >= 4 is 21.7 Å². The highest BCUT2D eigenvalue weighted by atomic mass is 32.2. The lowest BCUT2D eigenvalue weighted by Crippen LogP contribution is -2.33. The van der Waals surface area contributed by atoms with E-state index in [9.17, 15) is 18.3 Å². The predicted octanol–water partition coefficient (Wildman–Crippen LogP) is 4.02. The number of rotatable bonds is 9. The van der Waals surface area contributed by atoms with Gasteiger partial charge in [-0.3, -0.25) is 0 Å². The van der Waals surface area contributed by atoms with Crippen LogP contribution in [0.2, 0.25) is 0 Å². The van der Waals surface area contributed by atoms with Gasteiger partial charge in [0.15, 0.2) is 0 Å². The van der Waals surface area contributed by atoms with Crippen LogP contribution in [-0.4, -0.2) is 25.5 Å². The van der Waals surface area contributed by atoms with Crippen molar-refractivity contribution in [1.29, 1.82) is 0 Å². The van der Waals surface area contributed by atoms with Crippen LogP contribution in [0.3, 0.4) is 0 Å². The Morgan fingerprint density at radius 2 is 1.78 bits per heavy atom. The summed E-state index contributed by atoms with van der Waals surface area (Å²) in [6.45, 7) is 5.69. The molecule has 7 heteroatoms. The van der Waals surface area contributed by atoms with Gasteiger partial charge in [-0.1, -0.05) is 43.7 Å². The minimum atomic E-state index is -3.87. The molecule has 0 radical (unpaired) electrons. The molecule has 0 aromatic heterocycles. The zero-order chi connectivity index (χ0) is 20.0. The number of carbonyl (C=O) groups is 1. The lowest BCUT2D eigenvalue weighted by atomic mass is 10.1. The van der Waals surface area contributed by atoms with Gasteiger partial charge >= 0.3 is 5.97 Å². The first kappa shape index (κ1) is 20.9. The normalized spacial score (nSPS) is 13.7. The van der Waals surface area contributed by atoms with Crippen LogP contribution in [0.25, 0.3) is 0 Å². The molecule has 27 heavy (non-hydrogen) atoms. The van der Waals surface area contributed by atoms with Crippen LogP contribution in [0.15, 0.2) is 53.4 Å². The molecular weight excluding hydrogens is 364 g/mol. The third-order valence-corrected chi connectivity index (χ3v) is 5.90. The van der Waals surface area contributed by atoms with E-state index in [1.807, 2.05) is 44.2 Å². The maximum absolute atomic E-state index is 12.9. The second kappa shape index (κ2) is 9.01. The van der Waals surface area contributed by atoms with Gasteiger partial charge < -0.3 is 10.4 Å². The van der Waals surface area contributed by atoms with Crippen molar-refractivity contribution in [3.63, 3.8) is 0 Å². The van der Waals surface area contributed by atoms with E-state index in [1.54, 1.807) is 6.92 Å². The molecule has 2 aromatic carbocycles. The zero-order valence-electron chi connectivity index (χ0n) is 15.8. The van der Waals surface area contributed by atoms with Crippen LogP contribution in [0.1, 0.15) is 55.6 Å². The van der Waals surface area contributed by atoms with Gasteiger partial charge in [-0.2, -0.15) is 0 Å². The fourth-order valence-electron chi connectivity index (χ4n) is 2.88. The van der Waals surface area contributed by atoms with Gasteiger partial charge in [-0.15, -0.1) is 0 Å². The molecular formula is C20H26N2O4S. The first-order chi connectivity index (χ1) is 12.7. The molecule has 2 aromatic rings. The second-order valence-electron chi connectivity index (χ2n) is 6.60. The molecule has 146 valence electrons. The third-order valence-electron chi connectivity index (χ3n) is 4.27. The Balaban J connectivity index is 2.41. The molecule has 0 amide bonds. The summed E-state index contributed by atoms with van der Waals surface area (Å²) in [4.78, 5) is 11.3. The summed E-state index contributed by atoms with van der Waals surface area (Å²) in [5.74, 6) is -1.17. The second-order valence-corrected chi connectivity index (χ2v) is 8.29. The molecule has 0 bridgehead atoms. The summed E-state index contributed by atoms with van der Waals surface area (Å²) in [6.07, 6.45) is 1.54. The van der Waals surface area contributed by atoms with Gasteiger partial charge in [0.1, 0.15) is 4.90 Å². The highest BCUT2D eigenvalue weighted by Crippen LogP contribution is 2.27. The molecule has 2 rings (SSSR count). The summed E-state index contributed by atoms with van der Waals surface area (Å²) in [5, 5.41) is 12.4. The molecule has 2 atom stereocenters. The first-order valence-corrected chi connectivity index (χ1v) is 10.4. The topological polar surface area (TPSA) is 95.5 Å². The van der Waals surface area contributed by atoms with Crippen molar-refractivity contribution in [2.45, 2.75) is 50.6 Å². The van der Waals surface area contributed by atoms with E-state index in [4.69, 9.17) is 0 Å². The van der Waals surface area contributed by atoms with E-state index in [1.165, 1.54) is 18.2 Å². The van der Waals surface area contributed by atoms with Gasteiger partial charge in [-0.25, -0.2) is 17.9 Å². The number of carboxylic acids is 1. The summed E-state index contributed by atoms with van der Waals surface area (Å²) in [5.41, 5.74) is 1.29. The van der Waals surface area contributed by atoms with E-state index < -0.39 is 16.0 Å². The lowest BCUT2D eigenvalue weighted by Gasteiger charge is -2.20. The van der Waals surface area contributed by atoms with Crippen molar-refractivity contribution in [1.82, 2.24) is 4.72 Å². The summed E-state index contributed by atoms with van der Waals surface area (Å²) < 4.78 is 28.4. The fourth-order valence-corrected chi connectivity index (χ4v) is 4.35. The largest absolute Gasteiger partial charge is 0.478 e. The Morgan fingerprint density at radius 3 is 2.37 bits per heavy atom. The minimum absolute atomic E-state index is 0.0619. The number of nitrogens with one attached hydrogen (secondary N) is 2. The molecule has 0 unspecified atom stereocenters. The predicted molar refractivity (Wildman–Crippen MR) is 107 cm³/mol. The van der Waals surface area contributed by atoms with Crippen LogP contribution >= 0.6 is 0 Å². The van der Waals surface area contributed by atoms with Crippen LogP contribution < -0.4 is 10.0 Å². The Kier molecular flexibility index (Phi) is 6.98. The first-order valence-electron chi connectivity index (χ1n) is 8.95. The Hall–Kier alpha value is -2.38. The third kappa shape index (κ3) is 5.55. The molecule has 0 aliphatic heterocycles. The van der Waals surface area contributed by atoms with Crippen molar-refractivity contribution < 1.29 is 18.3 Å². The molecule has 0 saturated heterocycles. The summed E-state index contributed by atoms with van der Waals surface area (Å²) >= 11 is 0. The van der Waals surface area contributed by atoms with Crippen molar-refractivity contribution in [2.24, 2.45) is 0 Å². The Morgan fingerprint density at radius 1 is 1.11 bits per heavy atom. The highest BCUT2D eigenvalue weighted by Gasteiger charge is 2.23. The summed E-state index contributed by atoms with van der Waals surface area (Å²) in [7, 11) is -3.87. The molecule has 0 spiro atoms. The molecule has 0 saturated carbocycles. The standard InChI is InChI=1S/C20H26N2O4S/c1-4-8-14(2)22-27(25,26)19-13-17(20(23)24)11-12-18(19)21-15(3)16-9-6-5-7-10-16/h5-7,9-15,21-22H,4,8H2,1-3H3,(H,23,24)/t14-,15-/m0/s1. The van der Waals surface area contributed by atoms with E-state index in [-0.39, 0.29) is 22.5 Å². The van der Waals surface area contributed by atoms with Gasteiger partial charge in [0.2, 0.25) is 10.0 Å². The van der Waals surface area contributed by atoms with Gasteiger partial charge in [0.25, 0.3) is 0 Å². The van der Waals surface area contributed by atoms with Crippen molar-refractivity contribution in [3.05, 3.63) is 59.7 Å². The van der Waals surface area contributed by atoms with E-state index in [0.29, 0.717) is 12.1 Å². The average Bonchev–Trinajstić information content (AvgIpc) is 2.62. The van der Waals surface area contributed by atoms with Crippen molar-refractivity contribution in [2.75, 3.05) is 5.32 Å². The van der Waals surface area contributed by atoms with Crippen molar-refractivity contribution in [3.8, 4) is 0 Å². The SMILES string of the molecule is CCC[C@H](C)NS(=O)(=O)c1cc(C(=O)O)ccc1N[C@@H](C)c1ccccc1. The van der Waals surface area contributed by atoms with Gasteiger partial charge in [-0.05, 0) is 44.0 Å². The van der Waals surface area contributed by atoms with Crippen LogP contribution in [-0.2, 0) is 10.0 Å². The van der Waals surface area contributed by atoms with Gasteiger partial charge in [0, 0.05) is 12.1 Å². The molecule has 0 heterocycles. The molecule has 0 aliphatic carbocycles. The zero-order valence-corrected chi connectivity index (χ0v) is 16.6. The van der Waals surface area contributed by atoms with E-state index >= 15 is 0 Å². The number of benzene rings is 2. The molecule has 3 N–H and O–H groups in total. The average molecular weight is 391 g/mol. The quantitative estimate of drug-likeness (QED) is 0.601. The molecule has 6 nitrogen and oxygen atoms in total. The lowest BCUT2D eigenvalue weighted by molar-refractivity contribution is 0.0696. The maximum Gasteiger partial charge on any atom is 0.335 e. The molecule has 0 fully saturated rings. The van der Waals surface area contributed by atoms with Crippen LogP contribution in [0.5, 0.6) is 0 Å². The minimum Gasteiger partial charge on any atom is -0.478 e. The number of anilines is 1. The highest BCUT2D eigenvalue weighted by molar-refractivity contribution is 7.89.